The lowest BCUT2D eigenvalue weighted by atomic mass is 9.62. The van der Waals surface area contributed by atoms with Gasteiger partial charge in [-0.3, -0.25) is 0 Å². The number of benzene rings is 8. The smallest absolute Gasteiger partial charge is 0.144 e. The molecule has 0 amide bonds. The Labute approximate surface area is 573 Å². The summed E-state index contributed by atoms with van der Waals surface area (Å²) >= 11 is 0. The molecular weight excluding hydrogens is 1160 g/mol. The SMILES string of the molecule is CCCCCCCC1(CCCCCCC)c2cc(C/C(=C/c3ccc4c(c3)C(C)(C)c3cc5c(cc3-4)C(C)(C)c3ccc4oc6ccccc6c4c3-5)C3=CC=C=CC=C3)ccc2-c2c1c1c(c3c2oc2ccccc23)-c2ccccc2C1(CCCCCCC)CCCCCCC. The first-order valence-corrected chi connectivity index (χ1v) is 38.0. The lowest BCUT2D eigenvalue weighted by Gasteiger charge is -2.40. The molecule has 2 nitrogen and oxygen atoms in total. The number of hydrogen-bond donors (Lipinski definition) is 0. The highest BCUT2D eigenvalue weighted by Gasteiger charge is 2.54. The van der Waals surface area contributed by atoms with Crippen molar-refractivity contribution in [2.75, 3.05) is 0 Å². The van der Waals surface area contributed by atoms with E-state index in [0.717, 1.165) is 41.6 Å². The highest BCUT2D eigenvalue weighted by molar-refractivity contribution is 6.21. The second-order valence-corrected chi connectivity index (χ2v) is 30.8. The Morgan fingerprint density at radius 3 is 1.62 bits per heavy atom. The van der Waals surface area contributed by atoms with Crippen LogP contribution in [0.1, 0.15) is 265 Å². The number of furan rings is 2. The summed E-state index contributed by atoms with van der Waals surface area (Å²) in [5.74, 6) is 0. The van der Waals surface area contributed by atoms with Crippen LogP contribution >= 0.6 is 0 Å². The molecule has 490 valence electrons. The van der Waals surface area contributed by atoms with Crippen LogP contribution in [-0.2, 0) is 28.1 Å². The Balaban J connectivity index is 0.894. The molecule has 5 aliphatic carbocycles. The average Bonchev–Trinajstić information content (AvgIpc) is 1.51. The third kappa shape index (κ3) is 10.7. The van der Waals surface area contributed by atoms with E-state index in [1.807, 2.05) is 0 Å². The maximum absolute atomic E-state index is 7.57. The molecule has 0 bridgehead atoms. The van der Waals surface area contributed by atoms with E-state index in [1.165, 1.54) is 252 Å². The number of hydrogen-bond acceptors (Lipinski definition) is 2. The van der Waals surface area contributed by atoms with Crippen molar-refractivity contribution in [3.05, 3.63) is 236 Å². The Hall–Kier alpha value is -7.90. The van der Waals surface area contributed by atoms with E-state index < -0.39 is 0 Å². The van der Waals surface area contributed by atoms with Crippen molar-refractivity contribution in [1.29, 1.82) is 0 Å². The van der Waals surface area contributed by atoms with E-state index in [4.69, 9.17) is 8.83 Å². The van der Waals surface area contributed by atoms with Crippen LogP contribution in [0.5, 0.6) is 0 Å². The molecule has 0 unspecified atom stereocenters. The highest BCUT2D eigenvalue weighted by Crippen LogP contribution is 2.68. The molecule has 96 heavy (non-hydrogen) atoms. The van der Waals surface area contributed by atoms with Crippen molar-refractivity contribution in [3.8, 4) is 44.5 Å². The Morgan fingerprint density at radius 1 is 0.406 bits per heavy atom. The maximum atomic E-state index is 7.57. The zero-order valence-electron chi connectivity index (χ0n) is 59.2. The lowest BCUT2D eigenvalue weighted by molar-refractivity contribution is 0.368. The van der Waals surface area contributed by atoms with E-state index in [-0.39, 0.29) is 21.7 Å². The van der Waals surface area contributed by atoms with Crippen LogP contribution in [0.2, 0.25) is 0 Å². The van der Waals surface area contributed by atoms with Crippen molar-refractivity contribution in [2.24, 2.45) is 0 Å². The van der Waals surface area contributed by atoms with Crippen LogP contribution < -0.4 is 0 Å². The standard InChI is InChI=1S/C94H102O2/c1-9-13-17-23-35-53-93(54-36-24-18-14-10-2)74-44-32-29-41-68(74)85-86-71-43-31-34-46-81(71)96-90(86)87-69-50-48-64(60-79(69)94(89(87)88(85)93,55-37-25-19-15-11-3)56-38-26-20-16-12-4)58-66(65-39-27-21-22-28-40-65)57-63-47-49-67-72-61-78-73(62-77(72)92(7,8)76(67)59-63)83-75(91(78,5)6)51-52-82-84(83)70-42-30-33-45-80(70)95-82/h21,27-34,39-52,57,59-62H,9-20,23-26,35-38,53-56,58H2,1-8H3/b66-57-. The van der Waals surface area contributed by atoms with Gasteiger partial charge in [-0.15, -0.1) is 5.73 Å². The van der Waals surface area contributed by atoms with Gasteiger partial charge in [-0.2, -0.15) is 0 Å². The van der Waals surface area contributed by atoms with E-state index in [2.05, 4.69) is 231 Å². The van der Waals surface area contributed by atoms with Crippen molar-refractivity contribution in [1.82, 2.24) is 0 Å². The molecule has 0 saturated carbocycles. The summed E-state index contributed by atoms with van der Waals surface area (Å²) in [4.78, 5) is 0. The zero-order valence-corrected chi connectivity index (χ0v) is 59.2. The van der Waals surface area contributed by atoms with E-state index in [0.29, 0.717) is 0 Å². The number of unbranched alkanes of at least 4 members (excludes halogenated alkanes) is 16. The highest BCUT2D eigenvalue weighted by atomic mass is 16.3. The quantitative estimate of drug-likeness (QED) is 0.0361. The van der Waals surface area contributed by atoms with Crippen LogP contribution in [0.4, 0.5) is 0 Å². The van der Waals surface area contributed by atoms with Crippen LogP contribution in [0.3, 0.4) is 0 Å². The van der Waals surface area contributed by atoms with Crippen LogP contribution in [0, 0.1) is 0 Å². The lowest BCUT2D eigenvalue weighted by Crippen LogP contribution is -2.33. The minimum absolute atomic E-state index is 0.104. The predicted molar refractivity (Wildman–Crippen MR) is 410 cm³/mol. The van der Waals surface area contributed by atoms with Gasteiger partial charge in [0.15, 0.2) is 0 Å². The van der Waals surface area contributed by atoms with Crippen molar-refractivity contribution in [2.45, 2.75) is 238 Å². The van der Waals surface area contributed by atoms with Gasteiger partial charge in [0.2, 0.25) is 0 Å². The monoisotopic (exact) mass is 1260 g/mol. The fourth-order valence-corrected chi connectivity index (χ4v) is 19.3. The Morgan fingerprint density at radius 2 is 0.948 bits per heavy atom. The maximum Gasteiger partial charge on any atom is 0.144 e. The third-order valence-electron chi connectivity index (χ3n) is 24.1. The number of para-hydroxylation sites is 2. The topological polar surface area (TPSA) is 26.3 Å². The van der Waals surface area contributed by atoms with Crippen molar-refractivity contribution < 1.29 is 8.83 Å². The first kappa shape index (κ1) is 64.1. The summed E-state index contributed by atoms with van der Waals surface area (Å²) in [5.41, 5.74) is 35.3. The minimum Gasteiger partial charge on any atom is -0.456 e. The van der Waals surface area contributed by atoms with Gasteiger partial charge < -0.3 is 8.83 Å². The number of rotatable bonds is 28. The Kier molecular flexibility index (Phi) is 17.7. The van der Waals surface area contributed by atoms with Crippen LogP contribution in [-0.4, -0.2) is 0 Å². The van der Waals surface area contributed by atoms with Crippen molar-refractivity contribution in [3.63, 3.8) is 0 Å². The summed E-state index contributed by atoms with van der Waals surface area (Å²) in [6.45, 7) is 19.2. The van der Waals surface area contributed by atoms with E-state index >= 15 is 0 Å². The third-order valence-corrected chi connectivity index (χ3v) is 24.1. The minimum atomic E-state index is -0.225. The molecule has 0 aliphatic heterocycles. The molecule has 0 spiro atoms. The molecule has 15 rings (SSSR count). The second kappa shape index (κ2) is 26.5. The van der Waals surface area contributed by atoms with Gasteiger partial charge in [-0.25, -0.2) is 0 Å². The largest absolute Gasteiger partial charge is 0.456 e. The van der Waals surface area contributed by atoms with Gasteiger partial charge in [0.25, 0.3) is 0 Å². The van der Waals surface area contributed by atoms with E-state index in [1.54, 1.807) is 22.3 Å². The normalized spacial score (nSPS) is 16.1. The average molecular weight is 1260 g/mol. The fraction of sp³-hybridized carbons (Fsp3) is 0.394. The molecule has 0 atom stereocenters. The first-order chi connectivity index (χ1) is 47.0. The van der Waals surface area contributed by atoms with Crippen LogP contribution in [0.15, 0.2) is 190 Å². The molecule has 0 saturated heterocycles. The molecule has 2 heterocycles. The second-order valence-electron chi connectivity index (χ2n) is 30.8. The first-order valence-electron chi connectivity index (χ1n) is 38.0. The molecule has 10 aromatic rings. The summed E-state index contributed by atoms with van der Waals surface area (Å²) in [7, 11) is 0. The van der Waals surface area contributed by atoms with Gasteiger partial charge in [0.1, 0.15) is 22.3 Å². The molecule has 2 heteroatoms. The number of fused-ring (bicyclic) bond motifs is 22. The molecule has 0 fully saturated rings. The molecule has 0 N–H and O–H groups in total. The molecule has 8 aromatic carbocycles. The van der Waals surface area contributed by atoms with Gasteiger partial charge in [0, 0.05) is 48.8 Å². The van der Waals surface area contributed by atoms with Gasteiger partial charge in [-0.05, 0) is 186 Å². The van der Waals surface area contributed by atoms with Gasteiger partial charge in [0.05, 0.1) is 0 Å². The molecule has 5 aliphatic rings. The summed E-state index contributed by atoms with van der Waals surface area (Å²) in [6.07, 6.45) is 44.5. The molecule has 0 radical (unpaired) electrons. The Bertz CT molecular complexity index is 4760. The summed E-state index contributed by atoms with van der Waals surface area (Å²) in [6, 6.07) is 52.4. The fourth-order valence-electron chi connectivity index (χ4n) is 19.3. The van der Waals surface area contributed by atoms with E-state index in [9.17, 15) is 0 Å². The van der Waals surface area contributed by atoms with Gasteiger partial charge in [-0.1, -0.05) is 305 Å². The van der Waals surface area contributed by atoms with Crippen molar-refractivity contribution >= 4 is 50.0 Å². The number of allylic oxidation sites excluding steroid dienone is 6. The predicted octanol–water partition coefficient (Wildman–Crippen LogP) is 27.9. The van der Waals surface area contributed by atoms with Gasteiger partial charge >= 0.3 is 0 Å². The summed E-state index contributed by atoms with van der Waals surface area (Å²) < 4.78 is 14.1. The zero-order chi connectivity index (χ0) is 65.8. The summed E-state index contributed by atoms with van der Waals surface area (Å²) in [5, 5.41) is 5.05. The molecular formula is C94H102O2. The van der Waals surface area contributed by atoms with Crippen LogP contribution in [0.25, 0.3) is 94.5 Å². The molecule has 2 aromatic heterocycles.